The molecule has 0 radical (unpaired) electrons. The third kappa shape index (κ3) is 3.22. The maximum absolute atomic E-state index is 12.8. The third-order valence-corrected chi connectivity index (χ3v) is 6.04. The number of hydrogen-bond donors (Lipinski definition) is 0. The van der Waals surface area contributed by atoms with Crippen LogP contribution in [0.2, 0.25) is 0 Å². The Morgan fingerprint density at radius 1 is 1.17 bits per heavy atom. The van der Waals surface area contributed by atoms with E-state index in [0.29, 0.717) is 12.3 Å². The first-order valence-electron chi connectivity index (χ1n) is 7.89. The lowest BCUT2D eigenvalue weighted by atomic mass is 10.1. The second kappa shape index (κ2) is 6.67. The average molecular weight is 327 g/mol. The second-order valence-corrected chi connectivity index (χ2v) is 7.72. The van der Waals surface area contributed by atoms with Crippen LogP contribution in [0.25, 0.3) is 0 Å². The fraction of sp³-hybridized carbons (Fsp3) is 0.316. The summed E-state index contributed by atoms with van der Waals surface area (Å²) in [5.41, 5.74) is 4.33. The molecule has 2 aromatic carbocycles. The molecule has 2 atom stereocenters. The summed E-state index contributed by atoms with van der Waals surface area (Å²) in [6.07, 6.45) is 0.874. The van der Waals surface area contributed by atoms with E-state index in [-0.39, 0.29) is 5.91 Å². The molecule has 0 saturated heterocycles. The van der Waals surface area contributed by atoms with Crippen molar-refractivity contribution in [3.05, 3.63) is 65.2 Å². The summed E-state index contributed by atoms with van der Waals surface area (Å²) >= 11 is 0. The van der Waals surface area contributed by atoms with Crippen LogP contribution < -0.4 is 4.90 Å². The lowest BCUT2D eigenvalue weighted by Crippen LogP contribution is -2.39. The van der Waals surface area contributed by atoms with Crippen molar-refractivity contribution in [3.8, 4) is 0 Å². The number of amides is 1. The molecule has 3 nitrogen and oxygen atoms in total. The molecule has 3 rings (SSSR count). The molecule has 0 N–H and O–H groups in total. The maximum Gasteiger partial charge on any atom is 0.242 e. The van der Waals surface area contributed by atoms with Crippen LogP contribution >= 0.6 is 0 Å². The predicted octanol–water partition coefficient (Wildman–Crippen LogP) is 3.22. The second-order valence-electron chi connectivity index (χ2n) is 5.96. The van der Waals surface area contributed by atoms with Crippen LogP contribution in [0, 0.1) is 6.92 Å². The van der Waals surface area contributed by atoms with Gasteiger partial charge in [-0.2, -0.15) is 0 Å². The number of anilines is 1. The van der Waals surface area contributed by atoms with E-state index in [1.165, 1.54) is 5.56 Å². The van der Waals surface area contributed by atoms with Crippen molar-refractivity contribution in [2.45, 2.75) is 31.3 Å². The first-order valence-corrected chi connectivity index (χ1v) is 9.27. The minimum Gasteiger partial charge on any atom is -0.311 e. The van der Waals surface area contributed by atoms with Gasteiger partial charge >= 0.3 is 0 Å². The van der Waals surface area contributed by atoms with Crippen molar-refractivity contribution in [1.82, 2.24) is 0 Å². The zero-order chi connectivity index (χ0) is 16.4. The Morgan fingerprint density at radius 2 is 1.87 bits per heavy atom. The van der Waals surface area contributed by atoms with E-state index >= 15 is 0 Å². The van der Waals surface area contributed by atoms with Gasteiger partial charge in [-0.3, -0.25) is 9.00 Å². The minimum absolute atomic E-state index is 0.0399. The largest absolute Gasteiger partial charge is 0.311 e. The van der Waals surface area contributed by atoms with Crippen LogP contribution in [0.1, 0.15) is 23.6 Å². The van der Waals surface area contributed by atoms with Crippen molar-refractivity contribution in [3.63, 3.8) is 0 Å². The van der Waals surface area contributed by atoms with Crippen molar-refractivity contribution >= 4 is 22.4 Å². The Morgan fingerprint density at radius 3 is 2.65 bits per heavy atom. The van der Waals surface area contributed by atoms with Gasteiger partial charge in [0.05, 0.1) is 0 Å². The van der Waals surface area contributed by atoms with E-state index in [4.69, 9.17) is 0 Å². The van der Waals surface area contributed by atoms with E-state index in [2.05, 4.69) is 6.07 Å². The van der Waals surface area contributed by atoms with Crippen LogP contribution in [0.4, 0.5) is 5.69 Å². The lowest BCUT2D eigenvalue weighted by molar-refractivity contribution is -0.117. The third-order valence-electron chi connectivity index (χ3n) is 4.45. The van der Waals surface area contributed by atoms with Crippen LogP contribution in [0.15, 0.2) is 48.5 Å². The molecule has 0 unspecified atom stereocenters. The van der Waals surface area contributed by atoms with E-state index in [9.17, 15) is 9.00 Å². The van der Waals surface area contributed by atoms with Gasteiger partial charge in [-0.25, -0.2) is 0 Å². The van der Waals surface area contributed by atoms with Crippen molar-refractivity contribution in [2.75, 3.05) is 11.4 Å². The summed E-state index contributed by atoms with van der Waals surface area (Å²) in [7, 11) is -1.22. The molecule has 1 aliphatic heterocycles. The molecule has 4 heteroatoms. The van der Waals surface area contributed by atoms with Crippen molar-refractivity contribution in [2.24, 2.45) is 0 Å². The number of nitrogens with zero attached hydrogens (tertiary/aromatic N) is 1. The van der Waals surface area contributed by atoms with Gasteiger partial charge in [-0.15, -0.1) is 0 Å². The van der Waals surface area contributed by atoms with E-state index in [1.54, 1.807) is 11.8 Å². The van der Waals surface area contributed by atoms with Gasteiger partial charge < -0.3 is 4.90 Å². The Bertz CT molecular complexity index is 757. The van der Waals surface area contributed by atoms with E-state index in [0.717, 1.165) is 23.2 Å². The standard InChI is InChI=1S/C19H21NO2S/c1-14-7-3-4-9-17(14)13-23(22)15(2)19(21)20-12-11-16-8-5-6-10-18(16)20/h3-10,15H,11-13H2,1-2H3/t15-,23+/m1/s1. The van der Waals surface area contributed by atoms with Gasteiger partial charge in [0.25, 0.3) is 0 Å². The molecule has 2 aromatic rings. The lowest BCUT2D eigenvalue weighted by Gasteiger charge is -2.21. The number of aryl methyl sites for hydroxylation is 1. The number of para-hydroxylation sites is 1. The zero-order valence-corrected chi connectivity index (χ0v) is 14.3. The summed E-state index contributed by atoms with van der Waals surface area (Å²) in [5.74, 6) is 0.386. The Hall–Kier alpha value is -1.94. The summed E-state index contributed by atoms with van der Waals surface area (Å²) in [4.78, 5) is 14.5. The quantitative estimate of drug-likeness (QED) is 0.864. The van der Waals surface area contributed by atoms with Gasteiger partial charge in [-0.1, -0.05) is 42.5 Å². The number of carbonyl (C=O) groups excluding carboxylic acids is 1. The Labute approximate surface area is 139 Å². The number of rotatable bonds is 4. The van der Waals surface area contributed by atoms with Crippen LogP contribution in [-0.2, 0) is 27.8 Å². The number of benzene rings is 2. The first-order chi connectivity index (χ1) is 11.1. The molecule has 1 amide bonds. The highest BCUT2D eigenvalue weighted by atomic mass is 32.2. The summed E-state index contributed by atoms with van der Waals surface area (Å²) in [6, 6.07) is 15.9. The highest BCUT2D eigenvalue weighted by molar-refractivity contribution is 7.85. The topological polar surface area (TPSA) is 37.4 Å². The molecule has 0 bridgehead atoms. The highest BCUT2D eigenvalue weighted by Gasteiger charge is 2.30. The number of fused-ring (bicyclic) bond motifs is 1. The normalized spacial score (nSPS) is 16.0. The van der Waals surface area contributed by atoms with Gasteiger partial charge in [0.2, 0.25) is 5.91 Å². The fourth-order valence-electron chi connectivity index (χ4n) is 2.95. The average Bonchev–Trinajstić information content (AvgIpc) is 2.99. The summed E-state index contributed by atoms with van der Waals surface area (Å²) in [6.45, 7) is 4.47. The fourth-order valence-corrected chi connectivity index (χ4v) is 4.18. The molecule has 0 fully saturated rings. The predicted molar refractivity (Wildman–Crippen MR) is 95.0 cm³/mol. The number of hydrogen-bond acceptors (Lipinski definition) is 2. The smallest absolute Gasteiger partial charge is 0.242 e. The molecule has 1 aliphatic rings. The zero-order valence-electron chi connectivity index (χ0n) is 13.5. The molecule has 0 aliphatic carbocycles. The molecule has 0 aromatic heterocycles. The number of carbonyl (C=O) groups is 1. The maximum atomic E-state index is 12.8. The monoisotopic (exact) mass is 327 g/mol. The van der Waals surface area contributed by atoms with Crippen molar-refractivity contribution < 1.29 is 9.00 Å². The molecule has 0 saturated carbocycles. The van der Waals surface area contributed by atoms with Crippen LogP contribution in [-0.4, -0.2) is 21.9 Å². The SMILES string of the molecule is Cc1ccccc1C[S@](=O)[C@H](C)C(=O)N1CCc2ccccc21. The Kier molecular flexibility index (Phi) is 4.62. The summed E-state index contributed by atoms with van der Waals surface area (Å²) < 4.78 is 12.6. The van der Waals surface area contributed by atoms with Gasteiger partial charge in [0, 0.05) is 28.8 Å². The van der Waals surface area contributed by atoms with Gasteiger partial charge in [-0.05, 0) is 43.0 Å². The van der Waals surface area contributed by atoms with E-state index < -0.39 is 16.0 Å². The van der Waals surface area contributed by atoms with E-state index in [1.807, 2.05) is 49.4 Å². The molecule has 0 spiro atoms. The molecular formula is C19H21NO2S. The van der Waals surface area contributed by atoms with Crippen LogP contribution in [0.3, 0.4) is 0 Å². The Balaban J connectivity index is 1.73. The molecule has 120 valence electrons. The summed E-state index contributed by atoms with van der Waals surface area (Å²) in [5, 5.41) is -0.499. The first kappa shape index (κ1) is 15.9. The van der Waals surface area contributed by atoms with Gasteiger partial charge in [0.1, 0.15) is 5.25 Å². The minimum atomic E-state index is -1.22. The highest BCUT2D eigenvalue weighted by Crippen LogP contribution is 2.28. The van der Waals surface area contributed by atoms with Crippen LogP contribution in [0.5, 0.6) is 0 Å². The van der Waals surface area contributed by atoms with Gasteiger partial charge in [0.15, 0.2) is 0 Å². The van der Waals surface area contributed by atoms with Crippen molar-refractivity contribution in [1.29, 1.82) is 0 Å². The molecule has 1 heterocycles. The molecule has 23 heavy (non-hydrogen) atoms. The molecular weight excluding hydrogens is 306 g/mol.